The normalized spacial score (nSPS) is 11.8. The SMILES string of the molecule is c1ccc2c(c1)oc1c(-c3ccc(N(c4ccc(-c5ccc(-c6ccc(-c7cccc8c7sc7ccccc78)cc6)cc5)cc4)c4cccc5oc6ccccc6c45)cc3)cccc12. The van der Waals surface area contributed by atoms with E-state index in [9.17, 15) is 0 Å². The Morgan fingerprint density at radius 1 is 0.312 bits per heavy atom. The lowest BCUT2D eigenvalue weighted by atomic mass is 9.97. The topological polar surface area (TPSA) is 29.5 Å². The van der Waals surface area contributed by atoms with Crippen molar-refractivity contribution in [3.8, 4) is 44.5 Å². The van der Waals surface area contributed by atoms with Gasteiger partial charge in [0.15, 0.2) is 0 Å². The predicted octanol–water partition coefficient (Wildman–Crippen LogP) is 18.0. The van der Waals surface area contributed by atoms with Crippen LogP contribution in [0.5, 0.6) is 0 Å². The van der Waals surface area contributed by atoms with E-state index in [0.717, 1.165) is 77.6 Å². The Labute approximate surface area is 373 Å². The molecule has 0 amide bonds. The Hall–Kier alpha value is -8.18. The highest BCUT2D eigenvalue weighted by Gasteiger charge is 2.20. The number of furan rings is 2. The zero-order valence-corrected chi connectivity index (χ0v) is 35.4. The van der Waals surface area contributed by atoms with Gasteiger partial charge in [-0.15, -0.1) is 11.3 Å². The van der Waals surface area contributed by atoms with Gasteiger partial charge in [-0.05, 0) is 93.5 Å². The minimum Gasteiger partial charge on any atom is -0.456 e. The zero-order chi connectivity index (χ0) is 42.1. The van der Waals surface area contributed by atoms with Gasteiger partial charge >= 0.3 is 0 Å². The Kier molecular flexibility index (Phi) is 8.40. The van der Waals surface area contributed by atoms with Crippen LogP contribution in [0, 0.1) is 0 Å². The van der Waals surface area contributed by atoms with Crippen LogP contribution in [-0.4, -0.2) is 0 Å². The minimum atomic E-state index is 0.858. The van der Waals surface area contributed by atoms with Crippen molar-refractivity contribution in [3.05, 3.63) is 224 Å². The van der Waals surface area contributed by atoms with Crippen molar-refractivity contribution in [2.45, 2.75) is 0 Å². The van der Waals surface area contributed by atoms with Crippen LogP contribution in [0.4, 0.5) is 17.1 Å². The lowest BCUT2D eigenvalue weighted by Gasteiger charge is -2.26. The van der Waals surface area contributed by atoms with Crippen molar-refractivity contribution < 1.29 is 8.83 Å². The van der Waals surface area contributed by atoms with Gasteiger partial charge in [0.25, 0.3) is 0 Å². The Bertz CT molecular complexity index is 3870. The summed E-state index contributed by atoms with van der Waals surface area (Å²) in [6.07, 6.45) is 0. The smallest absolute Gasteiger partial charge is 0.143 e. The average Bonchev–Trinajstić information content (AvgIpc) is 4.07. The number of benzene rings is 10. The Morgan fingerprint density at radius 2 is 0.781 bits per heavy atom. The fraction of sp³-hybridized carbons (Fsp3) is 0. The van der Waals surface area contributed by atoms with Crippen molar-refractivity contribution in [2.75, 3.05) is 4.90 Å². The minimum absolute atomic E-state index is 0.858. The highest BCUT2D eigenvalue weighted by atomic mass is 32.1. The molecule has 3 nitrogen and oxygen atoms in total. The second-order valence-electron chi connectivity index (χ2n) is 16.4. The molecular weight excluding hydrogens is 799 g/mol. The third kappa shape index (κ3) is 5.95. The maximum atomic E-state index is 6.43. The quantitative estimate of drug-likeness (QED) is 0.160. The molecule has 13 rings (SSSR count). The second-order valence-corrected chi connectivity index (χ2v) is 17.4. The van der Waals surface area contributed by atoms with Gasteiger partial charge in [0.2, 0.25) is 0 Å². The van der Waals surface area contributed by atoms with E-state index < -0.39 is 0 Å². The fourth-order valence-electron chi connectivity index (χ4n) is 9.61. The number of hydrogen-bond donors (Lipinski definition) is 0. The highest BCUT2D eigenvalue weighted by Crippen LogP contribution is 2.45. The molecule has 0 atom stereocenters. The summed E-state index contributed by atoms with van der Waals surface area (Å²) in [4.78, 5) is 2.34. The van der Waals surface area contributed by atoms with E-state index in [4.69, 9.17) is 8.83 Å². The molecule has 4 heteroatoms. The van der Waals surface area contributed by atoms with E-state index in [1.165, 1.54) is 48.0 Å². The first-order valence-corrected chi connectivity index (χ1v) is 22.5. The molecule has 0 unspecified atom stereocenters. The van der Waals surface area contributed by atoms with Crippen molar-refractivity contribution in [1.29, 1.82) is 0 Å². The van der Waals surface area contributed by atoms with Gasteiger partial charge in [-0.3, -0.25) is 0 Å². The number of thiophene rings is 1. The third-order valence-electron chi connectivity index (χ3n) is 12.7. The van der Waals surface area contributed by atoms with E-state index in [0.29, 0.717) is 0 Å². The van der Waals surface area contributed by atoms with Gasteiger partial charge < -0.3 is 13.7 Å². The molecule has 13 aromatic rings. The van der Waals surface area contributed by atoms with Crippen LogP contribution in [-0.2, 0) is 0 Å². The number of rotatable bonds is 7. The van der Waals surface area contributed by atoms with Gasteiger partial charge in [-0.1, -0.05) is 170 Å². The van der Waals surface area contributed by atoms with Crippen LogP contribution < -0.4 is 4.90 Å². The molecule has 0 aliphatic carbocycles. The summed E-state index contributed by atoms with van der Waals surface area (Å²) in [5.41, 5.74) is 16.1. The molecule has 3 aromatic heterocycles. The van der Waals surface area contributed by atoms with Crippen molar-refractivity contribution in [1.82, 2.24) is 0 Å². The molecule has 3 heterocycles. The standard InChI is InChI=1S/C60H37NO2S/c1-4-18-54-48(10-1)50-15-7-13-46(59(50)63-54)42-32-36-45(37-33-42)61(53-17-9-20-56-58(53)52-12-2-5-19-55(52)62-56)44-34-30-41(31-35-44)39-24-22-38(23-25-39)40-26-28-43(29-27-40)47-14-8-16-51-49-11-3-6-21-57(49)64-60(47)51/h1-37H. The van der Waals surface area contributed by atoms with E-state index in [1.54, 1.807) is 0 Å². The number of hydrogen-bond acceptors (Lipinski definition) is 4. The van der Waals surface area contributed by atoms with Crippen LogP contribution in [0.2, 0.25) is 0 Å². The van der Waals surface area contributed by atoms with E-state index >= 15 is 0 Å². The number of para-hydroxylation sites is 3. The third-order valence-corrected chi connectivity index (χ3v) is 14.0. The molecule has 64 heavy (non-hydrogen) atoms. The molecule has 0 radical (unpaired) electrons. The van der Waals surface area contributed by atoms with Crippen molar-refractivity contribution >= 4 is 92.4 Å². The van der Waals surface area contributed by atoms with Gasteiger partial charge in [0, 0.05) is 53.3 Å². The summed E-state index contributed by atoms with van der Waals surface area (Å²) in [5, 5.41) is 7.08. The molecule has 0 aliphatic heterocycles. The van der Waals surface area contributed by atoms with Crippen LogP contribution in [0.25, 0.3) is 109 Å². The fourth-order valence-corrected chi connectivity index (χ4v) is 10.8. The van der Waals surface area contributed by atoms with Gasteiger partial charge in [0.1, 0.15) is 22.3 Å². The average molecular weight is 836 g/mol. The largest absolute Gasteiger partial charge is 0.456 e. The summed E-state index contributed by atoms with van der Waals surface area (Å²) in [7, 11) is 0. The lowest BCUT2D eigenvalue weighted by Crippen LogP contribution is -2.10. The lowest BCUT2D eigenvalue weighted by molar-refractivity contribution is 0.669. The monoisotopic (exact) mass is 835 g/mol. The van der Waals surface area contributed by atoms with E-state index in [-0.39, 0.29) is 0 Å². The molecule has 0 bridgehead atoms. The summed E-state index contributed by atoms with van der Waals surface area (Å²) in [6.45, 7) is 0. The number of nitrogens with zero attached hydrogens (tertiary/aromatic N) is 1. The molecule has 0 aliphatic rings. The molecule has 0 saturated heterocycles. The first-order valence-electron chi connectivity index (χ1n) is 21.6. The summed E-state index contributed by atoms with van der Waals surface area (Å²) >= 11 is 1.87. The van der Waals surface area contributed by atoms with Crippen LogP contribution in [0.1, 0.15) is 0 Å². The van der Waals surface area contributed by atoms with Gasteiger partial charge in [-0.2, -0.15) is 0 Å². The number of fused-ring (bicyclic) bond motifs is 9. The maximum Gasteiger partial charge on any atom is 0.143 e. The summed E-state index contributed by atoms with van der Waals surface area (Å²) in [6, 6.07) is 80.3. The Balaban J connectivity index is 0.833. The second kappa shape index (κ2) is 14.7. The first kappa shape index (κ1) is 36.5. The van der Waals surface area contributed by atoms with Crippen LogP contribution >= 0.6 is 11.3 Å². The number of anilines is 3. The Morgan fingerprint density at radius 3 is 1.47 bits per heavy atom. The summed E-state index contributed by atoms with van der Waals surface area (Å²) in [5.74, 6) is 0. The predicted molar refractivity (Wildman–Crippen MR) is 270 cm³/mol. The summed E-state index contributed by atoms with van der Waals surface area (Å²) < 4.78 is 15.5. The van der Waals surface area contributed by atoms with E-state index in [1.807, 2.05) is 35.6 Å². The van der Waals surface area contributed by atoms with Crippen LogP contribution in [0.15, 0.2) is 233 Å². The maximum absolute atomic E-state index is 6.43. The van der Waals surface area contributed by atoms with Crippen molar-refractivity contribution in [3.63, 3.8) is 0 Å². The molecule has 10 aromatic carbocycles. The zero-order valence-electron chi connectivity index (χ0n) is 34.5. The van der Waals surface area contributed by atoms with Crippen molar-refractivity contribution in [2.24, 2.45) is 0 Å². The highest BCUT2D eigenvalue weighted by molar-refractivity contribution is 7.26. The first-order chi connectivity index (χ1) is 31.7. The molecule has 0 N–H and O–H groups in total. The molecule has 300 valence electrons. The van der Waals surface area contributed by atoms with Crippen LogP contribution in [0.3, 0.4) is 0 Å². The van der Waals surface area contributed by atoms with E-state index in [2.05, 4.69) is 205 Å². The van der Waals surface area contributed by atoms with Gasteiger partial charge in [0.05, 0.1) is 11.1 Å². The molecule has 0 fully saturated rings. The molecule has 0 spiro atoms. The van der Waals surface area contributed by atoms with Gasteiger partial charge in [-0.25, -0.2) is 0 Å². The molecular formula is C60H37NO2S. The molecule has 0 saturated carbocycles.